The second-order valence-electron chi connectivity index (χ2n) is 3.52. The van der Waals surface area contributed by atoms with Crippen LogP contribution in [0.2, 0.25) is 0 Å². The Labute approximate surface area is 113 Å². The normalized spacial score (nSPS) is 9.61. The fraction of sp³-hybridized carbons (Fsp3) is 0.0769. The molecule has 5 heteroatoms. The van der Waals surface area contributed by atoms with E-state index in [9.17, 15) is 0 Å². The Morgan fingerprint density at radius 1 is 1.33 bits per heavy atom. The molecule has 0 aliphatic heterocycles. The molecule has 1 aromatic heterocycles. The minimum absolute atomic E-state index is 0.516. The molecule has 1 heterocycles. The van der Waals surface area contributed by atoms with Crippen molar-refractivity contribution in [3.05, 3.63) is 46.6 Å². The lowest BCUT2D eigenvalue weighted by atomic mass is 10.3. The molecule has 0 saturated heterocycles. The molecule has 0 aliphatic carbocycles. The van der Waals surface area contributed by atoms with Gasteiger partial charge in [-0.3, -0.25) is 0 Å². The molecule has 18 heavy (non-hydrogen) atoms. The van der Waals surface area contributed by atoms with Crippen molar-refractivity contribution >= 4 is 27.4 Å². The first-order valence-electron chi connectivity index (χ1n) is 5.19. The van der Waals surface area contributed by atoms with Crippen LogP contribution in [0.5, 0.6) is 5.75 Å². The highest BCUT2D eigenvalue weighted by Gasteiger charge is 2.03. The molecule has 1 N–H and O–H groups in total. The van der Waals surface area contributed by atoms with Crippen LogP contribution in [0.25, 0.3) is 0 Å². The largest absolute Gasteiger partial charge is 0.497 e. The third-order valence-corrected chi connectivity index (χ3v) is 2.93. The van der Waals surface area contributed by atoms with E-state index in [0.29, 0.717) is 11.4 Å². The molecule has 0 aliphatic rings. The molecule has 4 nitrogen and oxygen atoms in total. The summed E-state index contributed by atoms with van der Waals surface area (Å²) in [7, 11) is 1.63. The second-order valence-corrected chi connectivity index (χ2v) is 4.37. The van der Waals surface area contributed by atoms with Gasteiger partial charge in [0.25, 0.3) is 0 Å². The molecule has 2 rings (SSSR count). The molecule has 2 aromatic rings. The van der Waals surface area contributed by atoms with Crippen LogP contribution in [0.3, 0.4) is 0 Å². The highest BCUT2D eigenvalue weighted by Crippen LogP contribution is 2.25. The van der Waals surface area contributed by atoms with Crippen LogP contribution < -0.4 is 10.1 Å². The van der Waals surface area contributed by atoms with Crippen LogP contribution in [0, 0.1) is 11.3 Å². The summed E-state index contributed by atoms with van der Waals surface area (Å²) in [5, 5.41) is 11.9. The van der Waals surface area contributed by atoms with Crippen molar-refractivity contribution in [2.45, 2.75) is 0 Å². The fourth-order valence-corrected chi connectivity index (χ4v) is 1.85. The summed E-state index contributed by atoms with van der Waals surface area (Å²) < 4.78 is 5.83. The number of pyridine rings is 1. The minimum atomic E-state index is 0.516. The Morgan fingerprint density at radius 3 is 2.61 bits per heavy atom. The summed E-state index contributed by atoms with van der Waals surface area (Å²) in [5.41, 5.74) is 1.41. The van der Waals surface area contributed by atoms with E-state index in [-0.39, 0.29) is 0 Å². The summed E-state index contributed by atoms with van der Waals surface area (Å²) in [6, 6.07) is 11.3. The molecule has 0 saturated carbocycles. The van der Waals surface area contributed by atoms with E-state index in [2.05, 4.69) is 26.2 Å². The van der Waals surface area contributed by atoms with Gasteiger partial charge in [0.15, 0.2) is 0 Å². The van der Waals surface area contributed by atoms with Crippen molar-refractivity contribution in [3.8, 4) is 11.8 Å². The first-order chi connectivity index (χ1) is 8.72. The number of benzene rings is 1. The van der Waals surface area contributed by atoms with Gasteiger partial charge in [0.2, 0.25) is 0 Å². The fourth-order valence-electron chi connectivity index (χ4n) is 1.40. The summed E-state index contributed by atoms with van der Waals surface area (Å²) >= 11 is 3.37. The van der Waals surface area contributed by atoms with E-state index in [1.807, 2.05) is 30.3 Å². The maximum atomic E-state index is 8.76. The van der Waals surface area contributed by atoms with Crippen molar-refractivity contribution in [1.29, 1.82) is 5.26 Å². The minimum Gasteiger partial charge on any atom is -0.497 e. The van der Waals surface area contributed by atoms with Crippen molar-refractivity contribution in [2.75, 3.05) is 12.4 Å². The van der Waals surface area contributed by atoms with Crippen LogP contribution in [-0.4, -0.2) is 12.1 Å². The van der Waals surface area contributed by atoms with E-state index < -0.39 is 0 Å². The average molecular weight is 304 g/mol. The van der Waals surface area contributed by atoms with Crippen LogP contribution in [0.1, 0.15) is 5.56 Å². The number of nitriles is 1. The van der Waals surface area contributed by atoms with Crippen molar-refractivity contribution < 1.29 is 4.74 Å². The highest BCUT2D eigenvalue weighted by atomic mass is 79.9. The summed E-state index contributed by atoms with van der Waals surface area (Å²) in [5.74, 6) is 1.46. The molecule has 0 bridgehead atoms. The Balaban J connectivity index is 2.20. The number of anilines is 2. The molecular weight excluding hydrogens is 294 g/mol. The van der Waals surface area contributed by atoms with Gasteiger partial charge in [-0.1, -0.05) is 0 Å². The van der Waals surface area contributed by atoms with E-state index >= 15 is 0 Å². The lowest BCUT2D eigenvalue weighted by Crippen LogP contribution is -1.95. The zero-order valence-corrected chi connectivity index (χ0v) is 11.2. The van der Waals surface area contributed by atoms with Crippen molar-refractivity contribution in [1.82, 2.24) is 4.98 Å². The molecule has 0 amide bonds. The number of halogens is 1. The maximum absolute atomic E-state index is 8.76. The lowest BCUT2D eigenvalue weighted by Gasteiger charge is -2.08. The van der Waals surface area contributed by atoms with Gasteiger partial charge in [-0.25, -0.2) is 4.98 Å². The zero-order valence-electron chi connectivity index (χ0n) is 9.64. The molecule has 0 fully saturated rings. The Morgan fingerprint density at radius 2 is 2.06 bits per heavy atom. The molecular formula is C13H10BrN3O. The van der Waals surface area contributed by atoms with Crippen LogP contribution in [0.15, 0.2) is 41.0 Å². The molecule has 0 atom stereocenters. The Hall–Kier alpha value is -2.06. The number of aromatic nitrogens is 1. The monoisotopic (exact) mass is 303 g/mol. The predicted octanol–water partition coefficient (Wildman–Crippen LogP) is 3.47. The van der Waals surface area contributed by atoms with Gasteiger partial charge in [-0.2, -0.15) is 5.26 Å². The average Bonchev–Trinajstić information content (AvgIpc) is 2.42. The van der Waals surface area contributed by atoms with E-state index in [0.717, 1.165) is 15.9 Å². The number of ether oxygens (including phenoxy) is 1. The van der Waals surface area contributed by atoms with Crippen LogP contribution >= 0.6 is 15.9 Å². The van der Waals surface area contributed by atoms with Gasteiger partial charge in [0.1, 0.15) is 17.6 Å². The number of hydrogen-bond donors (Lipinski definition) is 1. The van der Waals surface area contributed by atoms with Gasteiger partial charge in [-0.05, 0) is 46.3 Å². The molecule has 0 radical (unpaired) electrons. The van der Waals surface area contributed by atoms with Gasteiger partial charge < -0.3 is 10.1 Å². The van der Waals surface area contributed by atoms with E-state index in [1.165, 1.54) is 6.20 Å². The second kappa shape index (κ2) is 5.52. The van der Waals surface area contributed by atoms with E-state index in [1.54, 1.807) is 13.2 Å². The van der Waals surface area contributed by atoms with Gasteiger partial charge >= 0.3 is 0 Å². The SMILES string of the molecule is COc1ccc(Nc2ncc(C#N)cc2Br)cc1. The summed E-state index contributed by atoms with van der Waals surface area (Å²) in [4.78, 5) is 4.18. The van der Waals surface area contributed by atoms with Crippen molar-refractivity contribution in [2.24, 2.45) is 0 Å². The first-order valence-corrected chi connectivity index (χ1v) is 5.99. The lowest BCUT2D eigenvalue weighted by molar-refractivity contribution is 0.415. The molecule has 1 aromatic carbocycles. The zero-order chi connectivity index (χ0) is 13.0. The van der Waals surface area contributed by atoms with Gasteiger partial charge in [-0.15, -0.1) is 0 Å². The molecule has 0 unspecified atom stereocenters. The van der Waals surface area contributed by atoms with Gasteiger partial charge in [0, 0.05) is 11.9 Å². The number of hydrogen-bond acceptors (Lipinski definition) is 4. The Kier molecular flexibility index (Phi) is 3.80. The molecule has 0 spiro atoms. The first kappa shape index (κ1) is 12.4. The summed E-state index contributed by atoms with van der Waals surface area (Å²) in [6.07, 6.45) is 1.52. The third kappa shape index (κ3) is 2.79. The topological polar surface area (TPSA) is 57.9 Å². The smallest absolute Gasteiger partial charge is 0.144 e. The van der Waals surface area contributed by atoms with E-state index in [4.69, 9.17) is 10.00 Å². The number of rotatable bonds is 3. The number of nitrogens with zero attached hydrogens (tertiary/aromatic N) is 2. The maximum Gasteiger partial charge on any atom is 0.144 e. The quantitative estimate of drug-likeness (QED) is 0.943. The highest BCUT2D eigenvalue weighted by molar-refractivity contribution is 9.10. The predicted molar refractivity (Wildman–Crippen MR) is 72.9 cm³/mol. The van der Waals surface area contributed by atoms with Crippen LogP contribution in [0.4, 0.5) is 11.5 Å². The van der Waals surface area contributed by atoms with Crippen molar-refractivity contribution in [3.63, 3.8) is 0 Å². The summed E-state index contributed by atoms with van der Waals surface area (Å²) in [6.45, 7) is 0. The Bertz CT molecular complexity index is 590. The number of methoxy groups -OCH3 is 1. The standard InChI is InChI=1S/C13H10BrN3O/c1-18-11-4-2-10(3-5-11)17-13-12(14)6-9(7-15)8-16-13/h2-6,8H,1H3,(H,16,17). The van der Waals surface area contributed by atoms with Crippen LogP contribution in [-0.2, 0) is 0 Å². The third-order valence-electron chi connectivity index (χ3n) is 2.32. The van der Waals surface area contributed by atoms with Gasteiger partial charge in [0.05, 0.1) is 17.1 Å². The molecule has 90 valence electrons. The number of nitrogens with one attached hydrogen (secondary N) is 1.